The fourth-order valence-electron chi connectivity index (χ4n) is 18.2. The Morgan fingerprint density at radius 1 is 0.774 bits per heavy atom. The van der Waals surface area contributed by atoms with Crippen LogP contribution in [0.1, 0.15) is 191 Å². The minimum atomic E-state index is -2.04. The summed E-state index contributed by atoms with van der Waals surface area (Å²) in [6.07, 6.45) is 1.56. The number of methoxy groups -OCH3 is 2. The van der Waals surface area contributed by atoms with Gasteiger partial charge in [0.2, 0.25) is 0 Å². The molecular formula is C85H136N6O24. The Labute approximate surface area is 679 Å². The van der Waals surface area contributed by atoms with Crippen molar-refractivity contribution in [1.82, 2.24) is 19.7 Å². The van der Waals surface area contributed by atoms with E-state index in [-0.39, 0.29) is 81.8 Å². The predicted molar refractivity (Wildman–Crippen MR) is 431 cm³/mol. The third-order valence-corrected chi connectivity index (χ3v) is 25.7. The summed E-state index contributed by atoms with van der Waals surface area (Å²) >= 11 is 0. The number of anilines is 1. The molecule has 0 spiro atoms. The Morgan fingerprint density at radius 3 is 2.02 bits per heavy atom. The molecular weight excluding hydrogens is 1490 g/mol. The van der Waals surface area contributed by atoms with Gasteiger partial charge in [0, 0.05) is 131 Å². The second kappa shape index (κ2) is 38.9. The van der Waals surface area contributed by atoms with Crippen molar-refractivity contribution in [2.45, 2.75) is 303 Å². The number of hydrogen-bond acceptors (Lipinski definition) is 29. The third kappa shape index (κ3) is 20.8. The highest BCUT2D eigenvalue weighted by atomic mass is 16.7. The first kappa shape index (κ1) is 94.3. The summed E-state index contributed by atoms with van der Waals surface area (Å²) in [5.41, 5.74) is -4.67. The van der Waals surface area contributed by atoms with Crippen molar-refractivity contribution in [2.75, 3.05) is 73.4 Å². The number of ether oxygens (including phenoxy) is 10. The molecule has 650 valence electrons. The average Bonchev–Trinajstić information content (AvgIpc) is 1.60. The van der Waals surface area contributed by atoms with E-state index in [1.807, 2.05) is 56.7 Å². The number of likely N-dealkylation sites (N-methyl/N-ethyl adjacent to an activating group) is 2. The maximum atomic E-state index is 14.5. The zero-order chi connectivity index (χ0) is 85.7. The standard InChI is InChI=1S/C47H64N4O12.C38H72N2O12/c1-24-13-12-14-25(2)46(59)49-37-32(23-48-51-20-18-50(19-21-51)31-15-10-11-16-31)41(56)34-35(42(37)57)40(55)29(6)44-36(34)45(58)47(8,63-44)61-22-17-33(60-9)26(3)43(62-30(7)52)28(5)39(54)27(4)38(24)53;1-15-27-38(10,46)31(42)24(6)40(13)19-20(2)17-36(8,45)33(52-35-29(41)26(39(11)12)16-21(3)48-35)22(4)30(23(5)34(44)50-27)51-28-18-37(9,47-14)32(43)25(7)49-28/h12-14,17,22-24,26-28,31,33,38-39,43,53-57H,10-11,15-16,18-21H2,1-9H3,(H,49,59);20-33,35,41-43,45-46H,15-19H2,1-14H3/b13-12+,22-17+,25-14-,48-23-;/t24-,26-,27-,28-,33+,38+,39+,43-,47+;20-,21?,22+,23-,24-,25?,26?,27-,28?,29?,30+,31-,32?,33-,35?,36-,37?,38-/m11/s1. The van der Waals surface area contributed by atoms with Crippen LogP contribution in [0.25, 0.3) is 10.8 Å². The molecule has 10 rings (SSSR count). The molecule has 4 saturated heterocycles. The number of nitrogens with one attached hydrogen (secondary N) is 1. The highest BCUT2D eigenvalue weighted by Gasteiger charge is 2.55. The van der Waals surface area contributed by atoms with E-state index in [1.54, 1.807) is 81.4 Å². The van der Waals surface area contributed by atoms with Gasteiger partial charge in [0.15, 0.2) is 18.3 Å². The number of benzene rings is 2. The van der Waals surface area contributed by atoms with Gasteiger partial charge in [-0.25, -0.2) is 0 Å². The van der Waals surface area contributed by atoms with Crippen LogP contribution in [0.15, 0.2) is 41.2 Å². The molecule has 1 saturated carbocycles. The topological polar surface area (TPSA) is 400 Å². The van der Waals surface area contributed by atoms with E-state index in [0.29, 0.717) is 32.1 Å². The average molecular weight is 1630 g/mol. The number of rotatable bonds is 12. The number of phenols is 3. The van der Waals surface area contributed by atoms with Gasteiger partial charge in [-0.05, 0) is 128 Å². The van der Waals surface area contributed by atoms with E-state index in [9.17, 15) is 70.2 Å². The molecule has 5 bridgehead atoms. The summed E-state index contributed by atoms with van der Waals surface area (Å²) in [5, 5.41) is 126. The molecule has 2 aromatic rings. The number of fused-ring (bicyclic) bond motifs is 14. The summed E-state index contributed by atoms with van der Waals surface area (Å²) in [5.74, 6) is -10.9. The summed E-state index contributed by atoms with van der Waals surface area (Å²) < 4.78 is 61.2. The highest BCUT2D eigenvalue weighted by molar-refractivity contribution is 6.24. The largest absolute Gasteiger partial charge is 0.507 e. The molecule has 1 aliphatic carbocycles. The fourth-order valence-corrected chi connectivity index (χ4v) is 18.2. The van der Waals surface area contributed by atoms with Gasteiger partial charge in [-0.3, -0.25) is 29.1 Å². The van der Waals surface area contributed by atoms with Gasteiger partial charge in [-0.1, -0.05) is 79.5 Å². The zero-order valence-corrected chi connectivity index (χ0v) is 71.9. The predicted octanol–water partition coefficient (Wildman–Crippen LogP) is 7.55. The first-order valence-electron chi connectivity index (χ1n) is 41.1. The van der Waals surface area contributed by atoms with Gasteiger partial charge in [-0.15, -0.1) is 0 Å². The number of allylic oxidation sites excluding steroid dienone is 2. The molecule has 5 fully saturated rings. The summed E-state index contributed by atoms with van der Waals surface area (Å²) in [4.78, 5) is 61.3. The van der Waals surface area contributed by atoms with E-state index in [4.69, 9.17) is 47.4 Å². The summed E-state index contributed by atoms with van der Waals surface area (Å²) in [6, 6.07) is -0.254. The van der Waals surface area contributed by atoms with Crippen molar-refractivity contribution >= 4 is 46.3 Å². The summed E-state index contributed by atoms with van der Waals surface area (Å²) in [7, 11) is 8.56. The van der Waals surface area contributed by atoms with Crippen molar-refractivity contribution in [2.24, 2.45) is 46.5 Å². The normalized spacial score (nSPS) is 40.2. The van der Waals surface area contributed by atoms with Crippen molar-refractivity contribution in [3.05, 3.63) is 52.8 Å². The molecule has 7 aliphatic heterocycles. The second-order valence-corrected chi connectivity index (χ2v) is 35.0. The van der Waals surface area contributed by atoms with Crippen LogP contribution in [0.3, 0.4) is 0 Å². The molecule has 1 amide bonds. The van der Waals surface area contributed by atoms with E-state index < -0.39 is 185 Å². The Hall–Kier alpha value is -6.17. The maximum Gasteiger partial charge on any atom is 0.312 e. The molecule has 115 heavy (non-hydrogen) atoms. The van der Waals surface area contributed by atoms with E-state index in [2.05, 4.69) is 15.3 Å². The van der Waals surface area contributed by atoms with Crippen LogP contribution in [0.5, 0.6) is 23.0 Å². The first-order valence-corrected chi connectivity index (χ1v) is 41.1. The number of Topliss-reactive ketones (excluding diaryl/α,β-unsaturated/α-hetero) is 1. The number of aliphatic hydroxyl groups excluding tert-OH is 5. The highest BCUT2D eigenvalue weighted by Crippen LogP contribution is 2.55. The van der Waals surface area contributed by atoms with Gasteiger partial charge >= 0.3 is 17.7 Å². The first-order chi connectivity index (χ1) is 53.7. The van der Waals surface area contributed by atoms with Crippen LogP contribution in [0.4, 0.5) is 5.69 Å². The van der Waals surface area contributed by atoms with Gasteiger partial charge in [0.05, 0.1) is 94.5 Å². The molecule has 27 atom stereocenters. The number of nitrogens with zero attached hydrogens (tertiary/aromatic N) is 5. The smallest absolute Gasteiger partial charge is 0.312 e. The van der Waals surface area contributed by atoms with E-state index >= 15 is 0 Å². The van der Waals surface area contributed by atoms with Gasteiger partial charge < -0.3 is 114 Å². The molecule has 8 aliphatic rings. The molecule has 8 unspecified atom stereocenters. The number of ketones is 1. The SMILES string of the molecule is CC[C@H]1OC(=O)[C@H](C)[C@@H](OC2CC(C)(OC)C(O)C(C)O2)[C@H](C)[C@@H](OC2OC(C)CC(N(C)C)C2O)[C@](C)(O)C[C@@H](C)CN(C)[C@H](C)[C@@H](O)[C@]1(C)O.CO[C@H]1/C=C/O[C@@]2(C)Oc3c(C)c(O)c4c(O)c(c(/C=N\N5CCN(C6CCCC6)CC5)c(O)c4c3C2=O)NC(=O)/C(C)=C\C=C\[C@@H](C)[C@H](O)[C@@H](C)[C@H](O)[C@@H](C)[C@H](OC(C)=O)[C@@H]1C. The number of carbonyl (C=O) groups excluding carboxylic acids is 4. The molecule has 0 aromatic heterocycles. The number of hydrogen-bond donors (Lipinski definition) is 11. The molecule has 2 aromatic carbocycles. The number of aliphatic hydroxyl groups is 7. The lowest BCUT2D eigenvalue weighted by Gasteiger charge is -2.48. The second-order valence-electron chi connectivity index (χ2n) is 35.0. The lowest BCUT2D eigenvalue weighted by molar-refractivity contribution is -0.318. The lowest BCUT2D eigenvalue weighted by Crippen LogP contribution is -2.60. The molecule has 30 nitrogen and oxygen atoms in total. The zero-order valence-electron chi connectivity index (χ0n) is 71.9. The van der Waals surface area contributed by atoms with Crippen molar-refractivity contribution in [3.63, 3.8) is 0 Å². The van der Waals surface area contributed by atoms with Crippen LogP contribution in [0.2, 0.25) is 0 Å². The Morgan fingerprint density at radius 2 is 1.42 bits per heavy atom. The minimum Gasteiger partial charge on any atom is -0.507 e. The minimum absolute atomic E-state index is 0.0631. The lowest BCUT2D eigenvalue weighted by atomic mass is 9.77. The summed E-state index contributed by atoms with van der Waals surface area (Å²) in [6.45, 7) is 33.4. The van der Waals surface area contributed by atoms with Crippen LogP contribution >= 0.6 is 0 Å². The van der Waals surface area contributed by atoms with Gasteiger partial charge in [-0.2, -0.15) is 5.10 Å². The van der Waals surface area contributed by atoms with Crippen LogP contribution in [-0.4, -0.2) is 295 Å². The van der Waals surface area contributed by atoms with E-state index in [1.165, 1.54) is 99.2 Å². The Kier molecular flexibility index (Phi) is 31.9. The monoisotopic (exact) mass is 1620 g/mol. The van der Waals surface area contributed by atoms with Gasteiger partial charge in [0.25, 0.3) is 11.7 Å². The maximum absolute atomic E-state index is 14.5. The Balaban J connectivity index is 0.000000293. The molecule has 7 heterocycles. The molecule has 0 radical (unpaired) electrons. The number of aromatic hydroxyl groups is 3. The van der Waals surface area contributed by atoms with Crippen LogP contribution < -0.4 is 10.1 Å². The van der Waals surface area contributed by atoms with Crippen LogP contribution in [-0.2, 0) is 57.0 Å². The number of hydrazone groups is 1. The molecule has 30 heteroatoms. The Bertz CT molecular complexity index is 3780. The number of amides is 1. The number of carbonyl (C=O) groups is 4. The van der Waals surface area contributed by atoms with Crippen molar-refractivity contribution in [1.29, 1.82) is 0 Å². The van der Waals surface area contributed by atoms with E-state index in [0.717, 1.165) is 13.1 Å². The van der Waals surface area contributed by atoms with Crippen molar-refractivity contribution in [3.8, 4) is 23.0 Å². The van der Waals surface area contributed by atoms with Crippen molar-refractivity contribution < 1.29 is 118 Å². The third-order valence-electron chi connectivity index (χ3n) is 25.7. The number of esters is 2. The fraction of sp³-hybridized carbons (Fsp3) is 0.753. The van der Waals surface area contributed by atoms with Crippen LogP contribution in [0, 0.1) is 48.3 Å². The number of piperazine rings is 1. The quantitative estimate of drug-likeness (QED) is 0.0423. The molecule has 11 N–H and O–H groups in total. The number of phenolic OH excluding ortho intramolecular Hbond substituents is 3. The van der Waals surface area contributed by atoms with Gasteiger partial charge in [0.1, 0.15) is 53.4 Å². The number of cyclic esters (lactones) is 1.